The summed E-state index contributed by atoms with van der Waals surface area (Å²) >= 11 is 4.85. The molecule has 10 heteroatoms. The van der Waals surface area contributed by atoms with Crippen LogP contribution in [0, 0.1) is 13.8 Å². The lowest BCUT2D eigenvalue weighted by Crippen LogP contribution is -2.34. The van der Waals surface area contributed by atoms with Crippen LogP contribution in [0.1, 0.15) is 32.6 Å². The summed E-state index contributed by atoms with van der Waals surface area (Å²) in [5, 5.41) is 4.00. The molecule has 0 atom stereocenters. The Morgan fingerprint density at radius 2 is 1.29 bits per heavy atom. The van der Waals surface area contributed by atoms with Gasteiger partial charge in [-0.3, -0.25) is 10.1 Å². The summed E-state index contributed by atoms with van der Waals surface area (Å²) in [5.41, 5.74) is -1.68. The monoisotopic (exact) mass is 420 g/mol. The van der Waals surface area contributed by atoms with E-state index >= 15 is 0 Å². The zero-order valence-corrected chi connectivity index (χ0v) is 15.4. The molecule has 2 aromatic carbocycles. The van der Waals surface area contributed by atoms with E-state index in [1.165, 1.54) is 0 Å². The molecule has 0 spiro atoms. The quantitative estimate of drug-likeness (QED) is 0.500. The second-order valence-electron chi connectivity index (χ2n) is 6.08. The van der Waals surface area contributed by atoms with Gasteiger partial charge in [0.2, 0.25) is 0 Å². The summed E-state index contributed by atoms with van der Waals surface area (Å²) in [5.74, 6) is -0.646. The fourth-order valence-corrected chi connectivity index (χ4v) is 2.68. The summed E-state index contributed by atoms with van der Waals surface area (Å²) in [7, 11) is 0. The molecule has 3 nitrogen and oxygen atoms in total. The standard InChI is InChI=1S/C18H14F6N2OS/c1-9-3-10(2)5-11(4-9)15(27)26-16(28)25-14-7-12(17(19,20)21)6-13(8-14)18(22,23)24/h3-8H,1-2H3,(H2,25,26,27,28). The Balaban J connectivity index is 2.24. The van der Waals surface area contributed by atoms with E-state index in [4.69, 9.17) is 12.2 Å². The van der Waals surface area contributed by atoms with Crippen molar-refractivity contribution in [2.75, 3.05) is 5.32 Å². The summed E-state index contributed by atoms with van der Waals surface area (Å²) in [6.45, 7) is 3.53. The highest BCUT2D eigenvalue weighted by Crippen LogP contribution is 2.37. The molecule has 0 unspecified atom stereocenters. The molecule has 2 N–H and O–H groups in total. The van der Waals surface area contributed by atoms with Crippen LogP contribution in [0.4, 0.5) is 32.0 Å². The van der Waals surface area contributed by atoms with E-state index in [-0.39, 0.29) is 11.6 Å². The minimum absolute atomic E-state index is 0.00231. The first-order valence-corrected chi connectivity index (χ1v) is 8.16. The number of carbonyl (C=O) groups is 1. The van der Waals surface area contributed by atoms with Crippen LogP contribution in [0.5, 0.6) is 0 Å². The van der Waals surface area contributed by atoms with Crippen LogP contribution in [-0.2, 0) is 12.4 Å². The number of hydrogen-bond donors (Lipinski definition) is 2. The summed E-state index contributed by atoms with van der Waals surface area (Å²) in [6.07, 6.45) is -9.97. The Bertz CT molecular complexity index is 869. The number of benzene rings is 2. The van der Waals surface area contributed by atoms with Crippen LogP contribution in [0.3, 0.4) is 0 Å². The molecule has 0 aromatic heterocycles. The fourth-order valence-electron chi connectivity index (χ4n) is 2.47. The number of halogens is 6. The van der Waals surface area contributed by atoms with Crippen LogP contribution in [-0.4, -0.2) is 11.0 Å². The highest BCUT2D eigenvalue weighted by Gasteiger charge is 2.37. The van der Waals surface area contributed by atoms with Crippen molar-refractivity contribution in [2.24, 2.45) is 0 Å². The number of rotatable bonds is 2. The van der Waals surface area contributed by atoms with Gasteiger partial charge in [0.05, 0.1) is 11.1 Å². The van der Waals surface area contributed by atoms with Crippen molar-refractivity contribution >= 4 is 28.9 Å². The molecule has 0 saturated carbocycles. The molecule has 0 bridgehead atoms. The largest absolute Gasteiger partial charge is 0.416 e. The average molecular weight is 420 g/mol. The van der Waals surface area contributed by atoms with Gasteiger partial charge in [-0.2, -0.15) is 26.3 Å². The molecular formula is C18H14F6N2OS. The second-order valence-corrected chi connectivity index (χ2v) is 6.49. The Morgan fingerprint density at radius 3 is 1.71 bits per heavy atom. The van der Waals surface area contributed by atoms with Crippen LogP contribution >= 0.6 is 12.2 Å². The minimum Gasteiger partial charge on any atom is -0.332 e. The van der Waals surface area contributed by atoms with Crippen molar-refractivity contribution in [1.29, 1.82) is 0 Å². The van der Waals surface area contributed by atoms with Crippen molar-refractivity contribution in [3.63, 3.8) is 0 Å². The maximum atomic E-state index is 12.9. The van der Waals surface area contributed by atoms with Crippen LogP contribution in [0.15, 0.2) is 36.4 Å². The molecule has 2 rings (SSSR count). The first kappa shape index (κ1) is 21.7. The number of hydrogen-bond acceptors (Lipinski definition) is 2. The number of anilines is 1. The number of amides is 1. The van der Waals surface area contributed by atoms with E-state index in [0.717, 1.165) is 11.1 Å². The van der Waals surface area contributed by atoms with E-state index in [1.54, 1.807) is 26.0 Å². The normalized spacial score (nSPS) is 11.9. The maximum absolute atomic E-state index is 12.9. The van der Waals surface area contributed by atoms with Crippen molar-refractivity contribution in [3.05, 3.63) is 64.2 Å². The summed E-state index contributed by atoms with van der Waals surface area (Å²) in [6, 6.07) is 5.92. The lowest BCUT2D eigenvalue weighted by molar-refractivity contribution is -0.143. The van der Waals surface area contributed by atoms with Gasteiger partial charge >= 0.3 is 12.4 Å². The van der Waals surface area contributed by atoms with E-state index < -0.39 is 40.2 Å². The van der Waals surface area contributed by atoms with Gasteiger partial charge in [-0.05, 0) is 56.4 Å². The molecule has 0 heterocycles. The molecule has 28 heavy (non-hydrogen) atoms. The highest BCUT2D eigenvalue weighted by molar-refractivity contribution is 7.80. The minimum atomic E-state index is -4.98. The van der Waals surface area contributed by atoms with Crippen LogP contribution in [0.25, 0.3) is 0 Å². The summed E-state index contributed by atoms with van der Waals surface area (Å²) < 4.78 is 77.3. The van der Waals surface area contributed by atoms with Gasteiger partial charge < -0.3 is 5.32 Å². The molecule has 0 radical (unpaired) electrons. The molecule has 0 saturated heterocycles. The predicted octanol–water partition coefficient (Wildman–Crippen LogP) is 5.47. The lowest BCUT2D eigenvalue weighted by atomic mass is 10.1. The highest BCUT2D eigenvalue weighted by atomic mass is 32.1. The molecular weight excluding hydrogens is 406 g/mol. The first-order chi connectivity index (χ1) is 12.8. The van der Waals surface area contributed by atoms with Crippen molar-refractivity contribution < 1.29 is 31.1 Å². The third kappa shape index (κ3) is 5.69. The van der Waals surface area contributed by atoms with E-state index in [9.17, 15) is 31.1 Å². The first-order valence-electron chi connectivity index (χ1n) is 7.76. The molecule has 0 aliphatic carbocycles. The van der Waals surface area contributed by atoms with Gasteiger partial charge in [-0.15, -0.1) is 0 Å². The number of nitrogens with one attached hydrogen (secondary N) is 2. The van der Waals surface area contributed by atoms with E-state index in [1.807, 2.05) is 6.07 Å². The SMILES string of the molecule is Cc1cc(C)cc(C(=O)NC(=S)Nc2cc(C(F)(F)F)cc(C(F)(F)F)c2)c1. The number of thiocarbonyl (C=S) groups is 1. The molecule has 150 valence electrons. The van der Waals surface area contributed by atoms with Gasteiger partial charge in [0.15, 0.2) is 5.11 Å². The van der Waals surface area contributed by atoms with Crippen LogP contribution < -0.4 is 10.6 Å². The van der Waals surface area contributed by atoms with Crippen molar-refractivity contribution in [2.45, 2.75) is 26.2 Å². The van der Waals surface area contributed by atoms with Gasteiger partial charge in [-0.1, -0.05) is 17.2 Å². The van der Waals surface area contributed by atoms with Crippen molar-refractivity contribution in [1.82, 2.24) is 5.32 Å². The van der Waals surface area contributed by atoms with Gasteiger partial charge in [0.1, 0.15) is 0 Å². The molecule has 0 fully saturated rings. The van der Waals surface area contributed by atoms with Gasteiger partial charge in [0.25, 0.3) is 5.91 Å². The maximum Gasteiger partial charge on any atom is 0.416 e. The number of alkyl halides is 6. The third-order valence-electron chi connectivity index (χ3n) is 3.56. The predicted molar refractivity (Wildman–Crippen MR) is 96.0 cm³/mol. The Kier molecular flexibility index (Phi) is 6.03. The van der Waals surface area contributed by atoms with Crippen molar-refractivity contribution in [3.8, 4) is 0 Å². The molecule has 1 amide bonds. The third-order valence-corrected chi connectivity index (χ3v) is 3.76. The average Bonchev–Trinajstić information content (AvgIpc) is 2.51. The Labute approximate surface area is 161 Å². The fraction of sp³-hybridized carbons (Fsp3) is 0.222. The Morgan fingerprint density at radius 1 is 0.821 bits per heavy atom. The topological polar surface area (TPSA) is 41.1 Å². The number of carbonyl (C=O) groups excluding carboxylic acids is 1. The van der Waals surface area contributed by atoms with Gasteiger partial charge in [-0.25, -0.2) is 0 Å². The van der Waals surface area contributed by atoms with Gasteiger partial charge in [0, 0.05) is 11.3 Å². The van der Waals surface area contributed by atoms with E-state index in [2.05, 4.69) is 10.6 Å². The molecule has 0 aliphatic heterocycles. The molecule has 0 aliphatic rings. The second kappa shape index (κ2) is 7.78. The Hall–Kier alpha value is -2.62. The number of aryl methyl sites for hydroxylation is 2. The van der Waals surface area contributed by atoms with E-state index in [0.29, 0.717) is 12.1 Å². The zero-order valence-electron chi connectivity index (χ0n) is 14.5. The smallest absolute Gasteiger partial charge is 0.332 e. The summed E-state index contributed by atoms with van der Waals surface area (Å²) in [4.78, 5) is 12.2. The molecule has 2 aromatic rings. The zero-order chi connectivity index (χ0) is 21.3. The van der Waals surface area contributed by atoms with Crippen LogP contribution in [0.2, 0.25) is 0 Å². The lowest BCUT2D eigenvalue weighted by Gasteiger charge is -2.16.